The quantitative estimate of drug-likeness (QED) is 0.865. The average molecular weight is 316 g/mol. The molecular formula is C19H22ClNO. The monoisotopic (exact) mass is 315 g/mol. The minimum absolute atomic E-state index is 0.0369. The van der Waals surface area contributed by atoms with Crippen molar-refractivity contribution in [1.29, 1.82) is 0 Å². The van der Waals surface area contributed by atoms with Crippen LogP contribution >= 0.6 is 11.6 Å². The standard InChI is InChI=1S/C19H22ClNO/c1-14(16-9-5-10-17(20)13-16)22-18-11-6-12-21-19(18)15-7-3-2-4-8-15/h2-5,7-10,13-14,18-19,21H,6,11-12H2,1H3/t14?,18-,19-/m0/s1. The summed E-state index contributed by atoms with van der Waals surface area (Å²) in [4.78, 5) is 0. The highest BCUT2D eigenvalue weighted by Crippen LogP contribution is 2.31. The molecule has 22 heavy (non-hydrogen) atoms. The van der Waals surface area contributed by atoms with Gasteiger partial charge in [0.25, 0.3) is 0 Å². The van der Waals surface area contributed by atoms with Gasteiger partial charge in [0.05, 0.1) is 18.2 Å². The molecule has 1 N–H and O–H groups in total. The predicted molar refractivity (Wildman–Crippen MR) is 91.2 cm³/mol. The average Bonchev–Trinajstić information content (AvgIpc) is 2.56. The molecule has 2 aromatic carbocycles. The number of benzene rings is 2. The van der Waals surface area contributed by atoms with Gasteiger partial charge in [-0.3, -0.25) is 0 Å². The van der Waals surface area contributed by atoms with Crippen molar-refractivity contribution in [2.24, 2.45) is 0 Å². The van der Waals surface area contributed by atoms with Crippen LogP contribution in [0.3, 0.4) is 0 Å². The third kappa shape index (κ3) is 3.70. The molecule has 0 radical (unpaired) electrons. The van der Waals surface area contributed by atoms with Crippen LogP contribution in [0.4, 0.5) is 0 Å². The second kappa shape index (κ2) is 7.28. The Kier molecular flexibility index (Phi) is 5.14. The first kappa shape index (κ1) is 15.5. The molecule has 3 heteroatoms. The van der Waals surface area contributed by atoms with Gasteiger partial charge in [0, 0.05) is 5.02 Å². The van der Waals surface area contributed by atoms with E-state index in [1.807, 2.05) is 18.2 Å². The number of hydrogen-bond donors (Lipinski definition) is 1. The third-order valence-electron chi connectivity index (χ3n) is 4.26. The van der Waals surface area contributed by atoms with Crippen molar-refractivity contribution in [1.82, 2.24) is 5.32 Å². The maximum absolute atomic E-state index is 6.38. The van der Waals surface area contributed by atoms with E-state index in [0.717, 1.165) is 30.0 Å². The van der Waals surface area contributed by atoms with Crippen molar-refractivity contribution >= 4 is 11.6 Å². The van der Waals surface area contributed by atoms with Gasteiger partial charge in [-0.2, -0.15) is 0 Å². The first-order valence-corrected chi connectivity index (χ1v) is 8.31. The van der Waals surface area contributed by atoms with Crippen LogP contribution in [0.25, 0.3) is 0 Å². The van der Waals surface area contributed by atoms with Gasteiger partial charge in [-0.1, -0.05) is 54.1 Å². The maximum Gasteiger partial charge on any atom is 0.0802 e. The Morgan fingerprint density at radius 3 is 2.73 bits per heavy atom. The summed E-state index contributed by atoms with van der Waals surface area (Å²) in [5, 5.41) is 4.36. The highest BCUT2D eigenvalue weighted by Gasteiger charge is 2.28. The van der Waals surface area contributed by atoms with Crippen LogP contribution in [0.5, 0.6) is 0 Å². The lowest BCUT2D eigenvalue weighted by molar-refractivity contribution is -0.0392. The minimum atomic E-state index is 0.0369. The van der Waals surface area contributed by atoms with Crippen molar-refractivity contribution in [3.05, 3.63) is 70.7 Å². The molecule has 0 spiro atoms. The highest BCUT2D eigenvalue weighted by atomic mass is 35.5. The van der Waals surface area contributed by atoms with Gasteiger partial charge in [-0.15, -0.1) is 0 Å². The van der Waals surface area contributed by atoms with E-state index in [1.165, 1.54) is 5.56 Å². The van der Waals surface area contributed by atoms with E-state index in [-0.39, 0.29) is 18.2 Å². The molecule has 0 aliphatic carbocycles. The third-order valence-corrected chi connectivity index (χ3v) is 4.49. The van der Waals surface area contributed by atoms with Gasteiger partial charge in [0.1, 0.15) is 0 Å². The summed E-state index contributed by atoms with van der Waals surface area (Å²) in [6.07, 6.45) is 2.45. The lowest BCUT2D eigenvalue weighted by Crippen LogP contribution is -2.39. The zero-order chi connectivity index (χ0) is 15.4. The molecule has 1 unspecified atom stereocenters. The fourth-order valence-corrected chi connectivity index (χ4v) is 3.30. The maximum atomic E-state index is 6.38. The number of piperidine rings is 1. The number of nitrogens with one attached hydrogen (secondary N) is 1. The number of rotatable bonds is 4. The van der Waals surface area contributed by atoms with Gasteiger partial charge in [0.15, 0.2) is 0 Å². The summed E-state index contributed by atoms with van der Waals surface area (Å²) >= 11 is 6.09. The zero-order valence-corrected chi connectivity index (χ0v) is 13.6. The smallest absolute Gasteiger partial charge is 0.0802 e. The molecule has 0 bridgehead atoms. The van der Waals surface area contributed by atoms with Gasteiger partial charge in [-0.05, 0) is 49.6 Å². The van der Waals surface area contributed by atoms with Gasteiger partial charge >= 0.3 is 0 Å². The SMILES string of the molecule is CC(O[C@H]1CCCN[C@H]1c1ccccc1)c1cccc(Cl)c1. The molecular weight excluding hydrogens is 294 g/mol. The zero-order valence-electron chi connectivity index (χ0n) is 12.8. The van der Waals surface area contributed by atoms with Crippen LogP contribution in [0.15, 0.2) is 54.6 Å². The number of halogens is 1. The van der Waals surface area contributed by atoms with E-state index in [2.05, 4.69) is 48.6 Å². The van der Waals surface area contributed by atoms with E-state index >= 15 is 0 Å². The van der Waals surface area contributed by atoms with Gasteiger partial charge < -0.3 is 10.1 Å². The van der Waals surface area contributed by atoms with Crippen LogP contribution in [-0.4, -0.2) is 12.6 Å². The molecule has 1 aliphatic heterocycles. The van der Waals surface area contributed by atoms with E-state index in [1.54, 1.807) is 0 Å². The molecule has 0 amide bonds. The van der Waals surface area contributed by atoms with E-state index in [4.69, 9.17) is 16.3 Å². The Morgan fingerprint density at radius 2 is 1.95 bits per heavy atom. The topological polar surface area (TPSA) is 21.3 Å². The van der Waals surface area contributed by atoms with E-state index in [9.17, 15) is 0 Å². The van der Waals surface area contributed by atoms with Crippen LogP contribution in [0.2, 0.25) is 5.02 Å². The normalized spacial score (nSPS) is 23.2. The molecule has 116 valence electrons. The summed E-state index contributed by atoms with van der Waals surface area (Å²) in [5.41, 5.74) is 2.43. The van der Waals surface area contributed by atoms with E-state index in [0.29, 0.717) is 0 Å². The van der Waals surface area contributed by atoms with E-state index < -0.39 is 0 Å². The molecule has 0 aromatic heterocycles. The molecule has 0 saturated carbocycles. The van der Waals surface area contributed by atoms with Crippen molar-refractivity contribution in [3.63, 3.8) is 0 Å². The molecule has 1 aliphatic rings. The molecule has 3 atom stereocenters. The summed E-state index contributed by atoms with van der Waals surface area (Å²) in [7, 11) is 0. The number of hydrogen-bond acceptors (Lipinski definition) is 2. The molecule has 1 saturated heterocycles. The first-order chi connectivity index (χ1) is 10.7. The van der Waals surface area contributed by atoms with Crippen LogP contribution in [0.1, 0.15) is 43.0 Å². The second-order valence-corrected chi connectivity index (χ2v) is 6.29. The summed E-state index contributed by atoms with van der Waals surface area (Å²) < 4.78 is 6.38. The van der Waals surface area contributed by atoms with Gasteiger partial charge in [0.2, 0.25) is 0 Å². The predicted octanol–water partition coefficient (Wildman–Crippen LogP) is 4.91. The fraction of sp³-hybridized carbons (Fsp3) is 0.368. The first-order valence-electron chi connectivity index (χ1n) is 7.93. The summed E-state index contributed by atoms with van der Waals surface area (Å²) in [6.45, 7) is 3.15. The Hall–Kier alpha value is -1.35. The minimum Gasteiger partial charge on any atom is -0.369 e. The van der Waals surface area contributed by atoms with Crippen molar-refractivity contribution in [3.8, 4) is 0 Å². The highest BCUT2D eigenvalue weighted by molar-refractivity contribution is 6.30. The molecule has 2 aromatic rings. The summed E-state index contributed by atoms with van der Waals surface area (Å²) in [6, 6.07) is 18.8. The summed E-state index contributed by atoms with van der Waals surface area (Å²) in [5.74, 6) is 0. The van der Waals surface area contributed by atoms with Gasteiger partial charge in [-0.25, -0.2) is 0 Å². The number of ether oxygens (including phenoxy) is 1. The second-order valence-electron chi connectivity index (χ2n) is 5.86. The molecule has 1 fully saturated rings. The molecule has 1 heterocycles. The Morgan fingerprint density at radius 1 is 1.14 bits per heavy atom. The van der Waals surface area contributed by atoms with Crippen molar-refractivity contribution < 1.29 is 4.74 Å². The largest absolute Gasteiger partial charge is 0.369 e. The molecule has 2 nitrogen and oxygen atoms in total. The lowest BCUT2D eigenvalue weighted by atomic mass is 9.94. The lowest BCUT2D eigenvalue weighted by Gasteiger charge is -2.35. The van der Waals surface area contributed by atoms with Crippen LogP contribution in [0, 0.1) is 0 Å². The van der Waals surface area contributed by atoms with Crippen molar-refractivity contribution in [2.45, 2.75) is 38.0 Å². The Bertz CT molecular complexity index is 601. The van der Waals surface area contributed by atoms with Crippen LogP contribution < -0.4 is 5.32 Å². The van der Waals surface area contributed by atoms with Crippen molar-refractivity contribution in [2.75, 3.05) is 6.54 Å². The fourth-order valence-electron chi connectivity index (χ4n) is 3.10. The van der Waals surface area contributed by atoms with Crippen LogP contribution in [-0.2, 0) is 4.74 Å². The Labute approximate surface area is 137 Å². The molecule has 3 rings (SSSR count). The Balaban J connectivity index is 1.74.